The Kier molecular flexibility index (Phi) is 6.86. The van der Waals surface area contributed by atoms with Gasteiger partial charge in [0.15, 0.2) is 9.84 Å². The van der Waals surface area contributed by atoms with Gasteiger partial charge in [0, 0.05) is 31.7 Å². The number of hydrogen-bond donors (Lipinski definition) is 0. The van der Waals surface area contributed by atoms with Crippen LogP contribution in [0.5, 0.6) is 5.75 Å². The predicted octanol–water partition coefficient (Wildman–Crippen LogP) is 3.69. The fourth-order valence-electron chi connectivity index (χ4n) is 4.43. The predicted molar refractivity (Wildman–Crippen MR) is 124 cm³/mol. The maximum Gasteiger partial charge on any atom is 0.254 e. The molecule has 2 heterocycles. The molecule has 0 N–H and O–H groups in total. The fraction of sp³-hybridized carbons (Fsp3) is 0.480. The quantitative estimate of drug-likeness (QED) is 0.662. The molecule has 4 rings (SSSR count). The van der Waals surface area contributed by atoms with Crippen LogP contribution >= 0.6 is 0 Å². The summed E-state index contributed by atoms with van der Waals surface area (Å²) in [6, 6.07) is 13.2. The van der Waals surface area contributed by atoms with E-state index in [1.165, 1.54) is 0 Å². The molecule has 6 nitrogen and oxygen atoms in total. The molecule has 0 radical (unpaired) electrons. The van der Waals surface area contributed by atoms with Gasteiger partial charge in [0.2, 0.25) is 0 Å². The molecule has 7 heteroatoms. The number of carbonyl (C=O) groups is 1. The van der Waals surface area contributed by atoms with Crippen LogP contribution in [0, 0.1) is 13.8 Å². The summed E-state index contributed by atoms with van der Waals surface area (Å²) in [4.78, 5) is 14.8. The Morgan fingerprint density at radius 1 is 1.09 bits per heavy atom. The van der Waals surface area contributed by atoms with Crippen LogP contribution in [0.3, 0.4) is 0 Å². The van der Waals surface area contributed by atoms with Gasteiger partial charge >= 0.3 is 0 Å². The normalized spacial score (nSPS) is 19.8. The van der Waals surface area contributed by atoms with Crippen LogP contribution in [0.15, 0.2) is 42.5 Å². The first-order valence-electron chi connectivity index (χ1n) is 11.2. The minimum absolute atomic E-state index is 0.0107. The lowest BCUT2D eigenvalue weighted by atomic mass is 10.0. The monoisotopic (exact) mass is 457 g/mol. The molecule has 2 aliphatic rings. The van der Waals surface area contributed by atoms with Gasteiger partial charge in [-0.25, -0.2) is 8.42 Å². The first-order valence-corrected chi connectivity index (χ1v) is 12.9. The molecule has 0 aliphatic carbocycles. The number of sulfone groups is 1. The van der Waals surface area contributed by atoms with E-state index in [-0.39, 0.29) is 23.0 Å². The minimum Gasteiger partial charge on any atom is -0.489 e. The summed E-state index contributed by atoms with van der Waals surface area (Å²) in [6.45, 7) is 6.13. The van der Waals surface area contributed by atoms with Crippen molar-refractivity contribution in [3.8, 4) is 5.75 Å². The SMILES string of the molecule is Cc1ccc(C)c(C(=O)N2CC[C@H](Oc3cccc(CS(=O)(=O)C4CCOCC4)c3)C2)c1. The van der Waals surface area contributed by atoms with E-state index in [0.717, 1.165) is 28.7 Å². The number of nitrogens with zero attached hydrogens (tertiary/aromatic N) is 1. The maximum atomic E-state index is 13.0. The van der Waals surface area contributed by atoms with E-state index < -0.39 is 9.84 Å². The highest BCUT2D eigenvalue weighted by Gasteiger charge is 2.30. The average Bonchev–Trinajstić information content (AvgIpc) is 3.24. The van der Waals surface area contributed by atoms with Gasteiger partial charge in [-0.2, -0.15) is 0 Å². The van der Waals surface area contributed by atoms with Crippen LogP contribution < -0.4 is 4.74 Å². The zero-order valence-electron chi connectivity index (χ0n) is 18.7. The Morgan fingerprint density at radius 2 is 1.88 bits per heavy atom. The number of amides is 1. The van der Waals surface area contributed by atoms with E-state index in [9.17, 15) is 13.2 Å². The van der Waals surface area contributed by atoms with E-state index in [0.29, 0.717) is 44.9 Å². The minimum atomic E-state index is -3.23. The summed E-state index contributed by atoms with van der Waals surface area (Å²) < 4.78 is 37.0. The molecule has 0 unspecified atom stereocenters. The average molecular weight is 458 g/mol. The summed E-state index contributed by atoms with van der Waals surface area (Å²) in [5, 5.41) is -0.333. The topological polar surface area (TPSA) is 72.9 Å². The van der Waals surface area contributed by atoms with Gasteiger partial charge in [0.05, 0.1) is 17.5 Å². The molecule has 172 valence electrons. The number of rotatable bonds is 6. The third-order valence-corrected chi connectivity index (χ3v) is 8.52. The Morgan fingerprint density at radius 3 is 2.66 bits per heavy atom. The highest BCUT2D eigenvalue weighted by Crippen LogP contribution is 2.25. The Hall–Kier alpha value is -2.38. The van der Waals surface area contributed by atoms with E-state index in [2.05, 4.69) is 0 Å². The second kappa shape index (κ2) is 9.63. The molecule has 0 aromatic heterocycles. The van der Waals surface area contributed by atoms with Crippen molar-refractivity contribution in [3.05, 3.63) is 64.7 Å². The standard InChI is InChI=1S/C25H31NO5S/c1-18-6-7-19(2)24(14-18)25(27)26-11-8-22(16-26)31-21-5-3-4-20(15-21)17-32(28,29)23-9-12-30-13-10-23/h3-7,14-15,22-23H,8-13,16-17H2,1-2H3/t22-/m0/s1. The Bertz CT molecular complexity index is 1080. The Labute approximate surface area is 190 Å². The summed E-state index contributed by atoms with van der Waals surface area (Å²) in [7, 11) is -3.23. The third-order valence-electron chi connectivity index (χ3n) is 6.30. The van der Waals surface area contributed by atoms with Crippen molar-refractivity contribution in [2.75, 3.05) is 26.3 Å². The van der Waals surface area contributed by atoms with Gasteiger partial charge in [0.25, 0.3) is 5.91 Å². The summed E-state index contributed by atoms with van der Waals surface area (Å²) >= 11 is 0. The molecule has 0 spiro atoms. The van der Waals surface area contributed by atoms with Crippen LogP contribution in [0.2, 0.25) is 0 Å². The van der Waals surface area contributed by atoms with Crippen molar-refractivity contribution in [1.29, 1.82) is 0 Å². The number of likely N-dealkylation sites (tertiary alicyclic amines) is 1. The highest BCUT2D eigenvalue weighted by molar-refractivity contribution is 7.91. The molecule has 0 saturated carbocycles. The van der Waals surface area contributed by atoms with Crippen LogP contribution in [0.1, 0.15) is 46.3 Å². The van der Waals surface area contributed by atoms with Crippen LogP contribution in [0.25, 0.3) is 0 Å². The van der Waals surface area contributed by atoms with Gasteiger partial charge in [-0.05, 0) is 56.0 Å². The zero-order valence-corrected chi connectivity index (χ0v) is 19.6. The van der Waals surface area contributed by atoms with E-state index in [4.69, 9.17) is 9.47 Å². The molecule has 0 bridgehead atoms. The molecule has 2 aromatic rings. The lowest BCUT2D eigenvalue weighted by Gasteiger charge is -2.22. The zero-order chi connectivity index (χ0) is 22.7. The lowest BCUT2D eigenvalue weighted by molar-refractivity contribution is 0.0771. The number of hydrogen-bond acceptors (Lipinski definition) is 5. The van der Waals surface area contributed by atoms with Crippen molar-refractivity contribution in [1.82, 2.24) is 4.90 Å². The molecule has 1 amide bonds. The second-order valence-corrected chi connectivity index (χ2v) is 11.1. The molecule has 32 heavy (non-hydrogen) atoms. The van der Waals surface area contributed by atoms with Gasteiger partial charge in [-0.1, -0.05) is 29.8 Å². The summed E-state index contributed by atoms with van der Waals surface area (Å²) in [5.74, 6) is 0.695. The number of ether oxygens (including phenoxy) is 2. The highest BCUT2D eigenvalue weighted by atomic mass is 32.2. The largest absolute Gasteiger partial charge is 0.489 e. The van der Waals surface area contributed by atoms with Crippen molar-refractivity contribution < 1.29 is 22.7 Å². The van der Waals surface area contributed by atoms with Crippen molar-refractivity contribution in [3.63, 3.8) is 0 Å². The first kappa shape index (κ1) is 22.8. The molecule has 1 atom stereocenters. The van der Waals surface area contributed by atoms with Crippen LogP contribution in [0.4, 0.5) is 0 Å². The second-order valence-electron chi connectivity index (χ2n) is 8.86. The molecule has 2 fully saturated rings. The van der Waals surface area contributed by atoms with Gasteiger partial charge in [-0.3, -0.25) is 4.79 Å². The van der Waals surface area contributed by atoms with Crippen LogP contribution in [-0.2, 0) is 20.3 Å². The smallest absolute Gasteiger partial charge is 0.254 e. The molecule has 2 aromatic carbocycles. The van der Waals surface area contributed by atoms with Crippen molar-refractivity contribution in [2.45, 2.75) is 50.2 Å². The Balaban J connectivity index is 1.38. The number of benzene rings is 2. The number of aryl methyl sites for hydroxylation is 2. The molecular formula is C25H31NO5S. The molecule has 2 aliphatic heterocycles. The van der Waals surface area contributed by atoms with Gasteiger partial charge in [0.1, 0.15) is 11.9 Å². The van der Waals surface area contributed by atoms with Crippen LogP contribution in [-0.4, -0.2) is 56.9 Å². The van der Waals surface area contributed by atoms with Crippen molar-refractivity contribution in [2.24, 2.45) is 0 Å². The van der Waals surface area contributed by atoms with E-state index in [1.54, 1.807) is 0 Å². The number of carbonyl (C=O) groups excluding carboxylic acids is 1. The van der Waals surface area contributed by atoms with Crippen molar-refractivity contribution >= 4 is 15.7 Å². The van der Waals surface area contributed by atoms with E-state index in [1.807, 2.05) is 61.2 Å². The molecule has 2 saturated heterocycles. The van der Waals surface area contributed by atoms with Gasteiger partial charge < -0.3 is 14.4 Å². The molecular weight excluding hydrogens is 426 g/mol. The summed E-state index contributed by atoms with van der Waals surface area (Å²) in [5.41, 5.74) is 3.52. The summed E-state index contributed by atoms with van der Waals surface area (Å²) in [6.07, 6.45) is 1.77. The maximum absolute atomic E-state index is 13.0. The third kappa shape index (κ3) is 5.33. The fourth-order valence-corrected chi connectivity index (χ4v) is 6.22. The van der Waals surface area contributed by atoms with Gasteiger partial charge in [-0.15, -0.1) is 0 Å². The lowest BCUT2D eigenvalue weighted by Crippen LogP contribution is -2.31. The van der Waals surface area contributed by atoms with E-state index >= 15 is 0 Å². The first-order chi connectivity index (χ1) is 15.3.